The zero-order chi connectivity index (χ0) is 17.9. The Bertz CT molecular complexity index is 827. The van der Waals surface area contributed by atoms with Gasteiger partial charge in [-0.05, 0) is 42.7 Å². The molecule has 2 aromatic rings. The summed E-state index contributed by atoms with van der Waals surface area (Å²) < 4.78 is 26.4. The van der Waals surface area contributed by atoms with E-state index >= 15 is 0 Å². The number of hydrogen-bond donors (Lipinski definition) is 0. The van der Waals surface area contributed by atoms with Gasteiger partial charge in [-0.15, -0.1) is 0 Å². The lowest BCUT2D eigenvalue weighted by Crippen LogP contribution is -2.28. The first-order valence-electron chi connectivity index (χ1n) is 8.38. The monoisotopic (exact) mass is 358 g/mol. The molecule has 0 radical (unpaired) electrons. The van der Waals surface area contributed by atoms with Gasteiger partial charge in [-0.25, -0.2) is 8.42 Å². The Balaban J connectivity index is 1.70. The van der Waals surface area contributed by atoms with Gasteiger partial charge < -0.3 is 4.90 Å². The third-order valence-corrected chi connectivity index (χ3v) is 6.27. The van der Waals surface area contributed by atoms with Crippen LogP contribution in [0.15, 0.2) is 59.5 Å². The largest absolute Gasteiger partial charge is 0.339 e. The van der Waals surface area contributed by atoms with E-state index in [1.807, 2.05) is 17.0 Å². The molecule has 0 aromatic heterocycles. The van der Waals surface area contributed by atoms with E-state index in [2.05, 4.69) is 0 Å². The van der Waals surface area contributed by atoms with Gasteiger partial charge in [-0.3, -0.25) is 4.79 Å². The lowest BCUT2D eigenvalue weighted by atomic mass is 10.1. The molecule has 0 saturated carbocycles. The molecule has 0 bridgehead atoms. The minimum atomic E-state index is -3.52. The quantitative estimate of drug-likeness (QED) is 0.826. The van der Waals surface area contributed by atoms with Gasteiger partial charge in [0.2, 0.25) is 10.0 Å². The van der Waals surface area contributed by atoms with Crippen molar-refractivity contribution in [2.75, 3.05) is 20.1 Å². The maximum Gasteiger partial charge on any atom is 0.253 e. The number of likely N-dealkylation sites (tertiary alicyclic amines) is 1. The van der Waals surface area contributed by atoms with Gasteiger partial charge in [-0.1, -0.05) is 30.3 Å². The third-order valence-electron chi connectivity index (χ3n) is 4.45. The molecular weight excluding hydrogens is 336 g/mol. The Morgan fingerprint density at radius 2 is 1.60 bits per heavy atom. The Kier molecular flexibility index (Phi) is 5.20. The fourth-order valence-electron chi connectivity index (χ4n) is 2.97. The molecule has 1 aliphatic rings. The van der Waals surface area contributed by atoms with Crippen LogP contribution in [0.4, 0.5) is 0 Å². The highest BCUT2D eigenvalue weighted by Crippen LogP contribution is 2.18. The lowest BCUT2D eigenvalue weighted by Gasteiger charge is -2.18. The second kappa shape index (κ2) is 7.37. The molecule has 1 fully saturated rings. The number of rotatable bonds is 5. The van der Waals surface area contributed by atoms with Crippen LogP contribution in [0.2, 0.25) is 0 Å². The summed E-state index contributed by atoms with van der Waals surface area (Å²) in [5.41, 5.74) is 1.50. The molecule has 132 valence electrons. The minimum absolute atomic E-state index is 0.0503. The van der Waals surface area contributed by atoms with Gasteiger partial charge in [0.15, 0.2) is 0 Å². The van der Waals surface area contributed by atoms with E-state index < -0.39 is 10.0 Å². The number of amides is 1. The van der Waals surface area contributed by atoms with E-state index in [0.29, 0.717) is 5.56 Å². The fourth-order valence-corrected chi connectivity index (χ4v) is 4.15. The minimum Gasteiger partial charge on any atom is -0.339 e. The molecule has 3 rings (SSSR count). The zero-order valence-corrected chi connectivity index (χ0v) is 15.1. The molecule has 1 aliphatic heterocycles. The molecule has 2 aromatic carbocycles. The Morgan fingerprint density at radius 3 is 2.20 bits per heavy atom. The molecule has 25 heavy (non-hydrogen) atoms. The summed E-state index contributed by atoms with van der Waals surface area (Å²) >= 11 is 0. The van der Waals surface area contributed by atoms with Crippen molar-refractivity contribution in [1.29, 1.82) is 0 Å². The fraction of sp³-hybridized carbons (Fsp3) is 0.316. The summed E-state index contributed by atoms with van der Waals surface area (Å²) in [5, 5.41) is 0. The van der Waals surface area contributed by atoms with E-state index in [4.69, 9.17) is 0 Å². The molecule has 0 aliphatic carbocycles. The van der Waals surface area contributed by atoms with E-state index in [-0.39, 0.29) is 17.3 Å². The first-order valence-corrected chi connectivity index (χ1v) is 9.82. The van der Waals surface area contributed by atoms with E-state index in [1.54, 1.807) is 49.5 Å². The number of carbonyl (C=O) groups excluding carboxylic acids is 1. The van der Waals surface area contributed by atoms with Gasteiger partial charge in [-0.2, -0.15) is 4.31 Å². The average Bonchev–Trinajstić information content (AvgIpc) is 3.17. The van der Waals surface area contributed by atoms with Crippen molar-refractivity contribution >= 4 is 15.9 Å². The van der Waals surface area contributed by atoms with Crippen LogP contribution >= 0.6 is 0 Å². The Labute approximate surface area is 148 Å². The maximum absolute atomic E-state index is 12.6. The highest BCUT2D eigenvalue weighted by Gasteiger charge is 2.21. The van der Waals surface area contributed by atoms with Gasteiger partial charge in [0.25, 0.3) is 5.91 Å². The topological polar surface area (TPSA) is 57.7 Å². The number of carbonyl (C=O) groups is 1. The third kappa shape index (κ3) is 3.91. The first kappa shape index (κ1) is 17.6. The normalized spacial score (nSPS) is 14.9. The van der Waals surface area contributed by atoms with Gasteiger partial charge in [0.1, 0.15) is 0 Å². The summed E-state index contributed by atoms with van der Waals surface area (Å²) in [5.74, 6) is 0.0503. The highest BCUT2D eigenvalue weighted by atomic mass is 32.2. The van der Waals surface area contributed by atoms with Crippen LogP contribution in [0.5, 0.6) is 0 Å². The van der Waals surface area contributed by atoms with Gasteiger partial charge in [0.05, 0.1) is 4.90 Å². The van der Waals surface area contributed by atoms with Crippen LogP contribution < -0.4 is 0 Å². The van der Waals surface area contributed by atoms with E-state index in [0.717, 1.165) is 31.5 Å². The predicted molar refractivity (Wildman–Crippen MR) is 96.7 cm³/mol. The number of hydrogen-bond acceptors (Lipinski definition) is 3. The van der Waals surface area contributed by atoms with Crippen molar-refractivity contribution in [2.45, 2.75) is 24.3 Å². The van der Waals surface area contributed by atoms with E-state index in [9.17, 15) is 13.2 Å². The molecular formula is C19H22N2O3S. The molecule has 0 unspecified atom stereocenters. The van der Waals surface area contributed by atoms with Crippen LogP contribution in [-0.4, -0.2) is 43.7 Å². The smallest absolute Gasteiger partial charge is 0.253 e. The van der Waals surface area contributed by atoms with Crippen LogP contribution in [0.3, 0.4) is 0 Å². The molecule has 5 nitrogen and oxygen atoms in total. The lowest BCUT2D eigenvalue weighted by molar-refractivity contribution is 0.0793. The van der Waals surface area contributed by atoms with Crippen molar-refractivity contribution in [1.82, 2.24) is 9.21 Å². The summed E-state index contributed by atoms with van der Waals surface area (Å²) in [4.78, 5) is 14.5. The van der Waals surface area contributed by atoms with Crippen molar-refractivity contribution < 1.29 is 13.2 Å². The number of nitrogens with zero attached hydrogens (tertiary/aromatic N) is 2. The average molecular weight is 358 g/mol. The predicted octanol–water partition coefficient (Wildman–Crippen LogP) is 2.74. The zero-order valence-electron chi connectivity index (χ0n) is 14.3. The summed E-state index contributed by atoms with van der Waals surface area (Å²) in [6.07, 6.45) is 2.12. The molecule has 0 atom stereocenters. The van der Waals surface area contributed by atoms with Crippen LogP contribution in [0.25, 0.3) is 0 Å². The summed E-state index contributed by atoms with van der Waals surface area (Å²) in [6.45, 7) is 1.90. The molecule has 1 amide bonds. The first-order chi connectivity index (χ1) is 12.0. The second-order valence-corrected chi connectivity index (χ2v) is 8.32. The molecule has 1 saturated heterocycles. The van der Waals surface area contributed by atoms with Crippen LogP contribution in [-0.2, 0) is 16.6 Å². The van der Waals surface area contributed by atoms with Crippen molar-refractivity contribution in [3.05, 3.63) is 65.7 Å². The van der Waals surface area contributed by atoms with Gasteiger partial charge in [0, 0.05) is 32.2 Å². The van der Waals surface area contributed by atoms with E-state index in [1.165, 1.54) is 4.31 Å². The molecule has 6 heteroatoms. The second-order valence-electron chi connectivity index (χ2n) is 6.27. The molecule has 1 heterocycles. The van der Waals surface area contributed by atoms with Crippen LogP contribution in [0, 0.1) is 0 Å². The van der Waals surface area contributed by atoms with Crippen LogP contribution in [0.1, 0.15) is 28.8 Å². The standard InChI is InChI=1S/C19H22N2O3S/c1-20(25(23,24)18-7-3-2-4-8-18)15-16-9-11-17(12-10-16)19(22)21-13-5-6-14-21/h2-4,7-12H,5-6,13-15H2,1H3. The SMILES string of the molecule is CN(Cc1ccc(C(=O)N2CCCC2)cc1)S(=O)(=O)c1ccccc1. The maximum atomic E-state index is 12.6. The summed E-state index contributed by atoms with van der Waals surface area (Å²) in [6, 6.07) is 15.6. The van der Waals surface area contributed by atoms with Crippen molar-refractivity contribution in [3.63, 3.8) is 0 Å². The van der Waals surface area contributed by atoms with Gasteiger partial charge >= 0.3 is 0 Å². The number of benzene rings is 2. The number of sulfonamides is 1. The van der Waals surface area contributed by atoms with Crippen molar-refractivity contribution in [2.24, 2.45) is 0 Å². The Morgan fingerprint density at radius 1 is 1.00 bits per heavy atom. The molecule has 0 spiro atoms. The highest BCUT2D eigenvalue weighted by molar-refractivity contribution is 7.89. The Hall–Kier alpha value is -2.18. The molecule has 0 N–H and O–H groups in total. The van der Waals surface area contributed by atoms with Crippen molar-refractivity contribution in [3.8, 4) is 0 Å². The summed E-state index contributed by atoms with van der Waals surface area (Å²) in [7, 11) is -1.96.